The first kappa shape index (κ1) is 14.8. The van der Waals surface area contributed by atoms with Gasteiger partial charge in [-0.2, -0.15) is 13.2 Å². The van der Waals surface area contributed by atoms with E-state index in [0.29, 0.717) is 5.69 Å². The molecule has 2 rings (SSSR count). The lowest BCUT2D eigenvalue weighted by atomic mass is 10.2. The van der Waals surface area contributed by atoms with Crippen molar-refractivity contribution in [3.05, 3.63) is 41.7 Å². The number of nitrogens with zero attached hydrogens (tertiary/aromatic N) is 3. The molecular formula is C12H11F3N4O2. The van der Waals surface area contributed by atoms with Crippen molar-refractivity contribution in [1.29, 1.82) is 0 Å². The Balaban J connectivity index is 1.92. The fourth-order valence-corrected chi connectivity index (χ4v) is 1.63. The minimum atomic E-state index is -4.39. The molecular weight excluding hydrogens is 289 g/mol. The fourth-order valence-electron chi connectivity index (χ4n) is 1.63. The number of hydrogen-bond acceptors (Lipinski definition) is 4. The van der Waals surface area contributed by atoms with Gasteiger partial charge in [0.15, 0.2) is 5.69 Å². The Hall–Kier alpha value is -2.58. The SMILES string of the molecule is O=C(O)c1cn(CCNc2cccc(C(F)(F)F)c2)nn1. The number of aromatic nitrogens is 3. The lowest BCUT2D eigenvalue weighted by Crippen LogP contribution is -2.12. The van der Waals surface area contributed by atoms with Gasteiger partial charge in [0, 0.05) is 12.2 Å². The van der Waals surface area contributed by atoms with Crippen molar-refractivity contribution in [2.45, 2.75) is 12.7 Å². The summed E-state index contributed by atoms with van der Waals surface area (Å²) >= 11 is 0. The van der Waals surface area contributed by atoms with E-state index in [2.05, 4.69) is 15.6 Å². The number of alkyl halides is 3. The summed E-state index contributed by atoms with van der Waals surface area (Å²) in [6, 6.07) is 4.81. The van der Waals surface area contributed by atoms with Crippen molar-refractivity contribution < 1.29 is 23.1 Å². The number of rotatable bonds is 5. The fraction of sp³-hybridized carbons (Fsp3) is 0.250. The van der Waals surface area contributed by atoms with Gasteiger partial charge in [-0.15, -0.1) is 5.10 Å². The third-order valence-corrected chi connectivity index (χ3v) is 2.62. The molecule has 0 saturated carbocycles. The summed E-state index contributed by atoms with van der Waals surface area (Å²) in [7, 11) is 0. The summed E-state index contributed by atoms with van der Waals surface area (Å²) in [5.41, 5.74) is -0.598. The number of nitrogens with one attached hydrogen (secondary N) is 1. The number of carboxylic acid groups (broad SMARTS) is 1. The van der Waals surface area contributed by atoms with Crippen LogP contribution in [0.1, 0.15) is 16.1 Å². The molecule has 0 atom stereocenters. The van der Waals surface area contributed by atoms with Gasteiger partial charge in [-0.3, -0.25) is 0 Å². The molecule has 0 bridgehead atoms. The van der Waals surface area contributed by atoms with Crippen molar-refractivity contribution in [2.24, 2.45) is 0 Å². The van der Waals surface area contributed by atoms with Crippen LogP contribution in [0.5, 0.6) is 0 Å². The Morgan fingerprint density at radius 2 is 2.14 bits per heavy atom. The highest BCUT2D eigenvalue weighted by Crippen LogP contribution is 2.30. The minimum absolute atomic E-state index is 0.186. The Labute approximate surface area is 117 Å². The molecule has 0 aliphatic carbocycles. The van der Waals surface area contributed by atoms with Gasteiger partial charge in [-0.1, -0.05) is 11.3 Å². The number of carbonyl (C=O) groups is 1. The van der Waals surface area contributed by atoms with Crippen LogP contribution in [0.15, 0.2) is 30.5 Å². The molecule has 112 valence electrons. The summed E-state index contributed by atoms with van der Waals surface area (Å²) < 4.78 is 38.9. The number of aromatic carboxylic acids is 1. The second-order valence-electron chi connectivity index (χ2n) is 4.18. The maximum absolute atomic E-state index is 12.5. The van der Waals surface area contributed by atoms with Crippen LogP contribution in [-0.2, 0) is 12.7 Å². The molecule has 9 heteroatoms. The van der Waals surface area contributed by atoms with E-state index < -0.39 is 17.7 Å². The Morgan fingerprint density at radius 3 is 2.76 bits per heavy atom. The van der Waals surface area contributed by atoms with E-state index in [9.17, 15) is 18.0 Å². The highest BCUT2D eigenvalue weighted by Gasteiger charge is 2.30. The Kier molecular flexibility index (Phi) is 4.10. The summed E-state index contributed by atoms with van der Waals surface area (Å²) in [5, 5.41) is 18.5. The lowest BCUT2D eigenvalue weighted by molar-refractivity contribution is -0.137. The van der Waals surface area contributed by atoms with Crippen LogP contribution < -0.4 is 5.32 Å². The van der Waals surface area contributed by atoms with Crippen LogP contribution in [0.25, 0.3) is 0 Å². The second-order valence-corrected chi connectivity index (χ2v) is 4.18. The summed E-state index contributed by atoms with van der Waals surface area (Å²) in [6.07, 6.45) is -3.14. The van der Waals surface area contributed by atoms with Crippen molar-refractivity contribution in [3.8, 4) is 0 Å². The van der Waals surface area contributed by atoms with E-state index in [1.54, 1.807) is 0 Å². The highest BCUT2D eigenvalue weighted by molar-refractivity contribution is 5.84. The Bertz CT molecular complexity index is 639. The van der Waals surface area contributed by atoms with E-state index >= 15 is 0 Å². The van der Waals surface area contributed by atoms with Crippen molar-refractivity contribution in [2.75, 3.05) is 11.9 Å². The molecule has 0 unspecified atom stereocenters. The minimum Gasteiger partial charge on any atom is -0.476 e. The molecule has 0 aliphatic rings. The zero-order chi connectivity index (χ0) is 15.5. The number of benzene rings is 1. The molecule has 6 nitrogen and oxygen atoms in total. The third-order valence-electron chi connectivity index (χ3n) is 2.62. The van der Waals surface area contributed by atoms with Crippen LogP contribution >= 0.6 is 0 Å². The average molecular weight is 300 g/mol. The number of carboxylic acids is 1. The average Bonchev–Trinajstić information content (AvgIpc) is 2.87. The van der Waals surface area contributed by atoms with Crippen molar-refractivity contribution in [1.82, 2.24) is 15.0 Å². The number of halogens is 3. The standard InChI is InChI=1S/C12H11F3N4O2/c13-12(14,15)8-2-1-3-9(6-8)16-4-5-19-7-10(11(20)21)17-18-19/h1-3,6-7,16H,4-5H2,(H,20,21). The maximum Gasteiger partial charge on any atom is 0.416 e. The molecule has 1 heterocycles. The van der Waals surface area contributed by atoms with E-state index in [-0.39, 0.29) is 18.8 Å². The van der Waals surface area contributed by atoms with E-state index in [1.807, 2.05) is 0 Å². The molecule has 2 N–H and O–H groups in total. The van der Waals surface area contributed by atoms with E-state index in [0.717, 1.165) is 12.1 Å². The number of hydrogen-bond donors (Lipinski definition) is 2. The Morgan fingerprint density at radius 1 is 1.38 bits per heavy atom. The second kappa shape index (κ2) is 5.81. The molecule has 2 aromatic rings. The van der Waals surface area contributed by atoms with Gasteiger partial charge in [0.1, 0.15) is 0 Å². The van der Waals surface area contributed by atoms with Gasteiger partial charge in [0.2, 0.25) is 0 Å². The van der Waals surface area contributed by atoms with Crippen molar-refractivity contribution >= 4 is 11.7 Å². The molecule has 0 fully saturated rings. The quantitative estimate of drug-likeness (QED) is 0.884. The molecule has 0 radical (unpaired) electrons. The van der Waals surface area contributed by atoms with Crippen molar-refractivity contribution in [3.63, 3.8) is 0 Å². The topological polar surface area (TPSA) is 80.0 Å². The van der Waals surface area contributed by atoms with Crippen LogP contribution in [0.4, 0.5) is 18.9 Å². The largest absolute Gasteiger partial charge is 0.476 e. The molecule has 0 aliphatic heterocycles. The van der Waals surface area contributed by atoms with Gasteiger partial charge in [0.05, 0.1) is 18.3 Å². The van der Waals surface area contributed by atoms with E-state index in [1.165, 1.54) is 23.0 Å². The molecule has 21 heavy (non-hydrogen) atoms. The maximum atomic E-state index is 12.5. The number of anilines is 1. The monoisotopic (exact) mass is 300 g/mol. The molecule has 1 aromatic carbocycles. The zero-order valence-electron chi connectivity index (χ0n) is 10.6. The van der Waals surface area contributed by atoms with Crippen LogP contribution in [-0.4, -0.2) is 32.6 Å². The molecule has 0 saturated heterocycles. The molecule has 0 spiro atoms. The van der Waals surface area contributed by atoms with Crippen LogP contribution in [0.3, 0.4) is 0 Å². The molecule has 0 amide bonds. The van der Waals surface area contributed by atoms with Gasteiger partial charge in [-0.25, -0.2) is 9.48 Å². The highest BCUT2D eigenvalue weighted by atomic mass is 19.4. The summed E-state index contributed by atoms with van der Waals surface area (Å²) in [4.78, 5) is 10.6. The third kappa shape index (κ3) is 3.94. The first-order valence-corrected chi connectivity index (χ1v) is 5.91. The first-order valence-electron chi connectivity index (χ1n) is 5.91. The summed E-state index contributed by atoms with van der Waals surface area (Å²) in [5.74, 6) is -1.19. The van der Waals surface area contributed by atoms with Gasteiger partial charge in [-0.05, 0) is 18.2 Å². The van der Waals surface area contributed by atoms with Gasteiger partial charge < -0.3 is 10.4 Å². The first-order chi connectivity index (χ1) is 9.86. The smallest absolute Gasteiger partial charge is 0.416 e. The van der Waals surface area contributed by atoms with E-state index in [4.69, 9.17) is 5.11 Å². The summed E-state index contributed by atoms with van der Waals surface area (Å²) in [6.45, 7) is 0.556. The van der Waals surface area contributed by atoms with Crippen LogP contribution in [0, 0.1) is 0 Å². The predicted octanol–water partition coefficient (Wildman–Crippen LogP) is 2.11. The van der Waals surface area contributed by atoms with Gasteiger partial charge in [0.25, 0.3) is 0 Å². The molecule has 1 aromatic heterocycles. The van der Waals surface area contributed by atoms with Crippen LogP contribution in [0.2, 0.25) is 0 Å². The zero-order valence-corrected chi connectivity index (χ0v) is 10.6. The van der Waals surface area contributed by atoms with Gasteiger partial charge >= 0.3 is 12.1 Å². The predicted molar refractivity (Wildman–Crippen MR) is 66.9 cm³/mol. The normalized spacial score (nSPS) is 11.4. The lowest BCUT2D eigenvalue weighted by Gasteiger charge is -2.10.